The van der Waals surface area contributed by atoms with E-state index in [0.29, 0.717) is 23.7 Å². The Kier molecular flexibility index (Phi) is 6.52. The van der Waals surface area contributed by atoms with Gasteiger partial charge in [-0.3, -0.25) is 0 Å². The van der Waals surface area contributed by atoms with E-state index in [2.05, 4.69) is 9.93 Å². The van der Waals surface area contributed by atoms with Gasteiger partial charge in [-0.2, -0.15) is 13.5 Å². The number of hydrogen-bond donors (Lipinski definition) is 1. The molecule has 0 saturated heterocycles. The van der Waals surface area contributed by atoms with Gasteiger partial charge < -0.3 is 9.47 Å². The van der Waals surface area contributed by atoms with Crippen LogP contribution in [0.3, 0.4) is 0 Å². The van der Waals surface area contributed by atoms with Crippen LogP contribution in [-0.4, -0.2) is 28.3 Å². The molecule has 0 unspecified atom stereocenters. The van der Waals surface area contributed by atoms with Gasteiger partial charge in [0.2, 0.25) is 0 Å². The summed E-state index contributed by atoms with van der Waals surface area (Å²) < 4.78 is 35.2. The fraction of sp³-hybridized carbons (Fsp3) is 0.188. The van der Waals surface area contributed by atoms with Gasteiger partial charge in [0.05, 0.1) is 34.9 Å². The first-order chi connectivity index (χ1) is 11.9. The number of benzene rings is 2. The standard InChI is InChI=1S/C16H16Cl2N2O4S/c1-3-24-15-6-4-5-11(16(15)23-2)10-19-20-25(21,22)12-7-8-13(17)14(18)9-12/h4-10,20H,3H2,1-2H3/b19-10+. The van der Waals surface area contributed by atoms with E-state index < -0.39 is 10.0 Å². The quantitative estimate of drug-likeness (QED) is 0.565. The summed E-state index contributed by atoms with van der Waals surface area (Å²) in [5, 5.41) is 4.18. The van der Waals surface area contributed by atoms with Crippen LogP contribution in [-0.2, 0) is 10.0 Å². The topological polar surface area (TPSA) is 77.0 Å². The number of sulfonamides is 1. The molecule has 0 bridgehead atoms. The van der Waals surface area contributed by atoms with Crippen molar-refractivity contribution in [3.63, 3.8) is 0 Å². The normalized spacial score (nSPS) is 11.5. The smallest absolute Gasteiger partial charge is 0.276 e. The van der Waals surface area contributed by atoms with Crippen molar-refractivity contribution < 1.29 is 17.9 Å². The van der Waals surface area contributed by atoms with Crippen molar-refractivity contribution in [2.75, 3.05) is 13.7 Å². The molecule has 0 atom stereocenters. The first-order valence-corrected chi connectivity index (χ1v) is 9.42. The van der Waals surface area contributed by atoms with Crippen molar-refractivity contribution in [2.45, 2.75) is 11.8 Å². The van der Waals surface area contributed by atoms with Crippen LogP contribution in [0.15, 0.2) is 46.4 Å². The van der Waals surface area contributed by atoms with E-state index in [1.54, 1.807) is 18.2 Å². The Morgan fingerprint density at radius 2 is 1.96 bits per heavy atom. The molecule has 0 saturated carbocycles. The Morgan fingerprint density at radius 1 is 1.20 bits per heavy atom. The fourth-order valence-electron chi connectivity index (χ4n) is 1.98. The number of hydrazone groups is 1. The van der Waals surface area contributed by atoms with Gasteiger partial charge in [-0.1, -0.05) is 29.3 Å². The van der Waals surface area contributed by atoms with Crippen LogP contribution in [0.1, 0.15) is 12.5 Å². The third-order valence-electron chi connectivity index (χ3n) is 3.09. The molecule has 9 heteroatoms. The highest BCUT2D eigenvalue weighted by atomic mass is 35.5. The lowest BCUT2D eigenvalue weighted by Crippen LogP contribution is -2.18. The van der Waals surface area contributed by atoms with E-state index in [-0.39, 0.29) is 14.9 Å². The van der Waals surface area contributed by atoms with Gasteiger partial charge in [0.15, 0.2) is 11.5 Å². The van der Waals surface area contributed by atoms with Gasteiger partial charge in [0, 0.05) is 5.56 Å². The Morgan fingerprint density at radius 3 is 2.60 bits per heavy atom. The molecule has 0 heterocycles. The van der Waals surface area contributed by atoms with Crippen molar-refractivity contribution in [1.82, 2.24) is 4.83 Å². The van der Waals surface area contributed by atoms with Crippen LogP contribution in [0, 0.1) is 0 Å². The van der Waals surface area contributed by atoms with Crippen LogP contribution in [0.5, 0.6) is 11.5 Å². The molecule has 0 spiro atoms. The molecule has 2 rings (SSSR count). The van der Waals surface area contributed by atoms with Gasteiger partial charge in [-0.15, -0.1) is 0 Å². The molecule has 1 N–H and O–H groups in total. The Bertz CT molecular complexity index is 886. The summed E-state index contributed by atoms with van der Waals surface area (Å²) in [7, 11) is -2.38. The summed E-state index contributed by atoms with van der Waals surface area (Å²) in [5.74, 6) is 1.00. The Balaban J connectivity index is 2.22. The number of nitrogens with zero attached hydrogens (tertiary/aromatic N) is 1. The van der Waals surface area contributed by atoms with E-state index in [9.17, 15) is 8.42 Å². The van der Waals surface area contributed by atoms with E-state index in [1.807, 2.05) is 6.92 Å². The zero-order valence-corrected chi connectivity index (χ0v) is 15.8. The lowest BCUT2D eigenvalue weighted by Gasteiger charge is -2.11. The molecule has 0 aliphatic rings. The van der Waals surface area contributed by atoms with Crippen molar-refractivity contribution in [3.8, 4) is 11.5 Å². The summed E-state index contributed by atoms with van der Waals surface area (Å²) in [6.45, 7) is 2.33. The molecular weight excluding hydrogens is 387 g/mol. The van der Waals surface area contributed by atoms with E-state index in [0.717, 1.165) is 0 Å². The number of para-hydroxylation sites is 1. The molecule has 2 aromatic rings. The largest absolute Gasteiger partial charge is 0.492 e. The maximum absolute atomic E-state index is 12.2. The molecule has 25 heavy (non-hydrogen) atoms. The van der Waals surface area contributed by atoms with E-state index >= 15 is 0 Å². The SMILES string of the molecule is CCOc1cccc(/C=N/NS(=O)(=O)c2ccc(Cl)c(Cl)c2)c1OC. The highest BCUT2D eigenvalue weighted by Crippen LogP contribution is 2.30. The molecule has 0 aliphatic heterocycles. The molecule has 0 fully saturated rings. The minimum Gasteiger partial charge on any atom is -0.492 e. The Labute approximate surface area is 156 Å². The zero-order chi connectivity index (χ0) is 18.4. The predicted molar refractivity (Wildman–Crippen MR) is 98.5 cm³/mol. The van der Waals surface area contributed by atoms with Crippen molar-refractivity contribution >= 4 is 39.4 Å². The third kappa shape index (κ3) is 4.78. The third-order valence-corrected chi connectivity index (χ3v) is 5.05. The summed E-state index contributed by atoms with van der Waals surface area (Å²) in [5.41, 5.74) is 0.560. The average molecular weight is 403 g/mol. The number of halogens is 2. The minimum atomic E-state index is -3.87. The van der Waals surface area contributed by atoms with Crippen LogP contribution in [0.25, 0.3) is 0 Å². The molecule has 0 aliphatic carbocycles. The maximum atomic E-state index is 12.2. The van der Waals surface area contributed by atoms with Gasteiger partial charge in [0.1, 0.15) is 0 Å². The van der Waals surface area contributed by atoms with Gasteiger partial charge >= 0.3 is 0 Å². The highest BCUT2D eigenvalue weighted by Gasteiger charge is 2.15. The highest BCUT2D eigenvalue weighted by molar-refractivity contribution is 7.89. The molecule has 2 aromatic carbocycles. The molecule has 0 amide bonds. The second kappa shape index (κ2) is 8.42. The second-order valence-electron chi connectivity index (χ2n) is 4.74. The number of nitrogens with one attached hydrogen (secondary N) is 1. The van der Waals surface area contributed by atoms with Crippen LogP contribution in [0.4, 0.5) is 0 Å². The fourth-order valence-corrected chi connectivity index (χ4v) is 3.16. The first kappa shape index (κ1) is 19.4. The summed E-state index contributed by atoms with van der Waals surface area (Å²) in [4.78, 5) is 2.07. The van der Waals surface area contributed by atoms with Crippen LogP contribution >= 0.6 is 23.2 Å². The van der Waals surface area contributed by atoms with Crippen LogP contribution < -0.4 is 14.3 Å². The number of ether oxygens (including phenoxy) is 2. The number of hydrogen-bond acceptors (Lipinski definition) is 5. The van der Waals surface area contributed by atoms with Gasteiger partial charge in [-0.05, 0) is 37.3 Å². The summed E-state index contributed by atoms with van der Waals surface area (Å²) in [6.07, 6.45) is 1.33. The van der Waals surface area contributed by atoms with E-state index in [1.165, 1.54) is 31.5 Å². The van der Waals surface area contributed by atoms with Crippen LogP contribution in [0.2, 0.25) is 10.0 Å². The second-order valence-corrected chi connectivity index (χ2v) is 7.22. The average Bonchev–Trinajstić information content (AvgIpc) is 2.57. The number of rotatable bonds is 7. The summed E-state index contributed by atoms with van der Waals surface area (Å²) >= 11 is 11.6. The van der Waals surface area contributed by atoms with Gasteiger partial charge in [-0.25, -0.2) is 4.83 Å². The molecule has 0 aromatic heterocycles. The molecule has 6 nitrogen and oxygen atoms in total. The van der Waals surface area contributed by atoms with Crippen molar-refractivity contribution in [3.05, 3.63) is 52.0 Å². The Hall–Kier alpha value is -1.96. The zero-order valence-electron chi connectivity index (χ0n) is 13.5. The summed E-state index contributed by atoms with van der Waals surface area (Å²) in [6, 6.07) is 9.21. The van der Waals surface area contributed by atoms with E-state index in [4.69, 9.17) is 32.7 Å². The monoisotopic (exact) mass is 402 g/mol. The van der Waals surface area contributed by atoms with Crippen molar-refractivity contribution in [1.29, 1.82) is 0 Å². The number of methoxy groups -OCH3 is 1. The molecular formula is C16H16Cl2N2O4S. The molecule has 134 valence electrons. The van der Waals surface area contributed by atoms with Gasteiger partial charge in [0.25, 0.3) is 10.0 Å². The predicted octanol–water partition coefficient (Wildman–Crippen LogP) is 3.71. The maximum Gasteiger partial charge on any atom is 0.276 e. The first-order valence-electron chi connectivity index (χ1n) is 7.18. The molecule has 0 radical (unpaired) electrons. The lowest BCUT2D eigenvalue weighted by molar-refractivity contribution is 0.310. The lowest BCUT2D eigenvalue weighted by atomic mass is 10.2. The van der Waals surface area contributed by atoms with Crippen molar-refractivity contribution in [2.24, 2.45) is 5.10 Å². The minimum absolute atomic E-state index is 0.0471.